The van der Waals surface area contributed by atoms with Gasteiger partial charge in [0.2, 0.25) is 0 Å². The van der Waals surface area contributed by atoms with E-state index in [-0.39, 0.29) is 16.6 Å². The molecule has 0 atom stereocenters. The van der Waals surface area contributed by atoms with Gasteiger partial charge in [-0.1, -0.05) is 11.6 Å². The van der Waals surface area contributed by atoms with Gasteiger partial charge in [0.15, 0.2) is 0 Å². The molecule has 0 aliphatic carbocycles. The SMILES string of the molecule is CNc1ccc(C(=O)Nc2ccc(Cl)cc2F)cc1. The van der Waals surface area contributed by atoms with Crippen LogP contribution < -0.4 is 10.6 Å². The monoisotopic (exact) mass is 278 g/mol. The molecule has 19 heavy (non-hydrogen) atoms. The Kier molecular flexibility index (Phi) is 4.02. The number of halogens is 2. The molecule has 2 aromatic carbocycles. The maximum Gasteiger partial charge on any atom is 0.255 e. The van der Waals surface area contributed by atoms with Crippen molar-refractivity contribution >= 4 is 28.9 Å². The number of benzene rings is 2. The van der Waals surface area contributed by atoms with Crippen molar-refractivity contribution in [1.29, 1.82) is 0 Å². The summed E-state index contributed by atoms with van der Waals surface area (Å²) in [5, 5.41) is 5.74. The molecule has 0 aliphatic heterocycles. The van der Waals surface area contributed by atoms with Crippen molar-refractivity contribution in [3.8, 4) is 0 Å². The average molecular weight is 279 g/mol. The molecule has 0 aliphatic rings. The van der Waals surface area contributed by atoms with Crippen LogP contribution >= 0.6 is 11.6 Å². The van der Waals surface area contributed by atoms with Gasteiger partial charge >= 0.3 is 0 Å². The Balaban J connectivity index is 2.15. The van der Waals surface area contributed by atoms with Gasteiger partial charge in [-0.05, 0) is 42.5 Å². The van der Waals surface area contributed by atoms with Gasteiger partial charge in [-0.3, -0.25) is 4.79 Å². The normalized spacial score (nSPS) is 10.1. The first-order valence-electron chi connectivity index (χ1n) is 5.64. The fourth-order valence-corrected chi connectivity index (χ4v) is 1.73. The molecule has 3 nitrogen and oxygen atoms in total. The van der Waals surface area contributed by atoms with Gasteiger partial charge in [-0.15, -0.1) is 0 Å². The summed E-state index contributed by atoms with van der Waals surface area (Å²) in [4.78, 5) is 11.9. The molecule has 0 unspecified atom stereocenters. The predicted molar refractivity (Wildman–Crippen MR) is 75.4 cm³/mol. The number of anilines is 2. The van der Waals surface area contributed by atoms with Crippen molar-refractivity contribution in [2.45, 2.75) is 0 Å². The van der Waals surface area contributed by atoms with Crippen molar-refractivity contribution in [1.82, 2.24) is 0 Å². The van der Waals surface area contributed by atoms with E-state index in [1.165, 1.54) is 12.1 Å². The maximum atomic E-state index is 13.5. The highest BCUT2D eigenvalue weighted by Gasteiger charge is 2.09. The molecular weight excluding hydrogens is 267 g/mol. The van der Waals surface area contributed by atoms with Crippen LogP contribution in [0.15, 0.2) is 42.5 Å². The topological polar surface area (TPSA) is 41.1 Å². The Morgan fingerprint density at radius 1 is 1.16 bits per heavy atom. The first kappa shape index (κ1) is 13.4. The molecule has 0 spiro atoms. The number of hydrogen-bond donors (Lipinski definition) is 2. The van der Waals surface area contributed by atoms with E-state index in [2.05, 4.69) is 10.6 Å². The van der Waals surface area contributed by atoms with Crippen LogP contribution in [0, 0.1) is 5.82 Å². The molecule has 2 N–H and O–H groups in total. The minimum atomic E-state index is -0.562. The molecule has 5 heteroatoms. The second kappa shape index (κ2) is 5.71. The molecule has 2 aromatic rings. The van der Waals surface area contributed by atoms with Crippen LogP contribution in [0.1, 0.15) is 10.4 Å². The summed E-state index contributed by atoms with van der Waals surface area (Å²) >= 11 is 5.64. The summed E-state index contributed by atoms with van der Waals surface area (Å²) < 4.78 is 13.5. The standard InChI is InChI=1S/C14H12ClFN2O/c1-17-11-5-2-9(3-6-11)14(19)18-13-7-4-10(15)8-12(13)16/h2-8,17H,1H3,(H,18,19). The summed E-state index contributed by atoms with van der Waals surface area (Å²) in [5.41, 5.74) is 1.45. The van der Waals surface area contributed by atoms with Gasteiger partial charge in [0.1, 0.15) is 5.82 Å². The predicted octanol–water partition coefficient (Wildman–Crippen LogP) is 3.77. The van der Waals surface area contributed by atoms with E-state index < -0.39 is 5.82 Å². The van der Waals surface area contributed by atoms with Gasteiger partial charge in [0, 0.05) is 23.3 Å². The van der Waals surface area contributed by atoms with Gasteiger partial charge in [0.05, 0.1) is 5.69 Å². The van der Waals surface area contributed by atoms with Crippen LogP contribution in [-0.2, 0) is 0 Å². The quantitative estimate of drug-likeness (QED) is 0.897. The highest BCUT2D eigenvalue weighted by Crippen LogP contribution is 2.19. The third-order valence-electron chi connectivity index (χ3n) is 2.62. The van der Waals surface area contributed by atoms with E-state index in [9.17, 15) is 9.18 Å². The number of carbonyl (C=O) groups excluding carboxylic acids is 1. The van der Waals surface area contributed by atoms with Crippen molar-refractivity contribution in [3.63, 3.8) is 0 Å². The van der Waals surface area contributed by atoms with Crippen LogP contribution in [0.4, 0.5) is 15.8 Å². The smallest absolute Gasteiger partial charge is 0.255 e. The second-order valence-electron chi connectivity index (χ2n) is 3.91. The third-order valence-corrected chi connectivity index (χ3v) is 2.85. The Labute approximate surface area is 115 Å². The van der Waals surface area contributed by atoms with Crippen LogP contribution in [0.3, 0.4) is 0 Å². The van der Waals surface area contributed by atoms with Crippen molar-refractivity contribution in [3.05, 3.63) is 58.9 Å². The molecule has 0 heterocycles. The number of amides is 1. The summed E-state index contributed by atoms with van der Waals surface area (Å²) in [6, 6.07) is 11.0. The van der Waals surface area contributed by atoms with Crippen LogP contribution in [0.25, 0.3) is 0 Å². The maximum absolute atomic E-state index is 13.5. The Morgan fingerprint density at radius 3 is 2.42 bits per heavy atom. The summed E-state index contributed by atoms with van der Waals surface area (Å²) in [6.07, 6.45) is 0. The molecule has 0 bridgehead atoms. The number of rotatable bonds is 3. The first-order valence-corrected chi connectivity index (χ1v) is 6.02. The molecule has 0 saturated carbocycles. The average Bonchev–Trinajstić information content (AvgIpc) is 2.42. The van der Waals surface area contributed by atoms with Gasteiger partial charge < -0.3 is 10.6 Å². The van der Waals surface area contributed by atoms with Gasteiger partial charge in [0.25, 0.3) is 5.91 Å². The largest absolute Gasteiger partial charge is 0.388 e. The highest BCUT2D eigenvalue weighted by molar-refractivity contribution is 6.30. The minimum absolute atomic E-state index is 0.104. The number of carbonyl (C=O) groups is 1. The zero-order valence-corrected chi connectivity index (χ0v) is 11.0. The lowest BCUT2D eigenvalue weighted by Gasteiger charge is -2.07. The van der Waals surface area contributed by atoms with E-state index in [0.717, 1.165) is 11.8 Å². The summed E-state index contributed by atoms with van der Waals surface area (Å²) in [5.74, 6) is -0.934. The van der Waals surface area contributed by atoms with Gasteiger partial charge in [-0.2, -0.15) is 0 Å². The zero-order valence-electron chi connectivity index (χ0n) is 10.2. The number of hydrogen-bond acceptors (Lipinski definition) is 2. The van der Waals surface area contributed by atoms with E-state index >= 15 is 0 Å². The Bertz CT molecular complexity index is 599. The van der Waals surface area contributed by atoms with Crippen molar-refractivity contribution in [2.75, 3.05) is 17.7 Å². The third kappa shape index (κ3) is 3.23. The van der Waals surface area contributed by atoms with Crippen molar-refractivity contribution < 1.29 is 9.18 Å². The lowest BCUT2D eigenvalue weighted by molar-refractivity contribution is 0.102. The van der Waals surface area contributed by atoms with Crippen LogP contribution in [0.2, 0.25) is 5.02 Å². The minimum Gasteiger partial charge on any atom is -0.388 e. The lowest BCUT2D eigenvalue weighted by Crippen LogP contribution is -2.12. The fraction of sp³-hybridized carbons (Fsp3) is 0.0714. The van der Waals surface area contributed by atoms with E-state index in [1.54, 1.807) is 31.3 Å². The number of nitrogens with one attached hydrogen (secondary N) is 2. The van der Waals surface area contributed by atoms with Crippen LogP contribution in [-0.4, -0.2) is 13.0 Å². The fourth-order valence-electron chi connectivity index (χ4n) is 1.57. The molecule has 98 valence electrons. The zero-order chi connectivity index (χ0) is 13.8. The molecule has 0 saturated heterocycles. The van der Waals surface area contributed by atoms with Crippen LogP contribution in [0.5, 0.6) is 0 Å². The Morgan fingerprint density at radius 2 is 1.84 bits per heavy atom. The second-order valence-corrected chi connectivity index (χ2v) is 4.34. The highest BCUT2D eigenvalue weighted by atomic mass is 35.5. The van der Waals surface area contributed by atoms with E-state index in [0.29, 0.717) is 5.56 Å². The molecule has 0 fully saturated rings. The molecule has 0 aromatic heterocycles. The summed E-state index contributed by atoms with van der Waals surface area (Å²) in [7, 11) is 1.79. The lowest BCUT2D eigenvalue weighted by atomic mass is 10.2. The molecule has 2 rings (SSSR count). The Hall–Kier alpha value is -2.07. The first-order chi connectivity index (χ1) is 9.10. The summed E-state index contributed by atoms with van der Waals surface area (Å²) in [6.45, 7) is 0. The van der Waals surface area contributed by atoms with Crippen molar-refractivity contribution in [2.24, 2.45) is 0 Å². The molecule has 1 amide bonds. The van der Waals surface area contributed by atoms with Gasteiger partial charge in [-0.25, -0.2) is 4.39 Å². The molecular formula is C14H12ClFN2O. The van der Waals surface area contributed by atoms with E-state index in [1.807, 2.05) is 0 Å². The molecule has 0 radical (unpaired) electrons. The van der Waals surface area contributed by atoms with E-state index in [4.69, 9.17) is 11.6 Å².